The van der Waals surface area contributed by atoms with Crippen LogP contribution in [0.1, 0.15) is 33.9 Å². The van der Waals surface area contributed by atoms with Gasteiger partial charge in [-0.05, 0) is 59.7 Å². The highest BCUT2D eigenvalue weighted by Gasteiger charge is 2.33. The molecule has 1 aliphatic rings. The summed E-state index contributed by atoms with van der Waals surface area (Å²) in [5.74, 6) is -0.652. The SMILES string of the molecule is CN(C)c1ccc(C2CC(c3ccc(-n4cncn4)cc3)=NN2C(=O)c2ccc(F)cc2)cc1. The van der Waals surface area contributed by atoms with Crippen molar-refractivity contribution in [3.63, 3.8) is 0 Å². The highest BCUT2D eigenvalue weighted by molar-refractivity contribution is 6.05. The van der Waals surface area contributed by atoms with Crippen LogP contribution in [0.4, 0.5) is 10.1 Å². The summed E-state index contributed by atoms with van der Waals surface area (Å²) in [6.07, 6.45) is 3.69. The molecule has 1 aromatic heterocycles. The van der Waals surface area contributed by atoms with Crippen LogP contribution in [0, 0.1) is 5.82 Å². The molecule has 5 rings (SSSR count). The number of carbonyl (C=O) groups excluding carboxylic acids is 1. The zero-order valence-corrected chi connectivity index (χ0v) is 18.8. The molecule has 170 valence electrons. The van der Waals surface area contributed by atoms with E-state index < -0.39 is 0 Å². The zero-order chi connectivity index (χ0) is 23.7. The van der Waals surface area contributed by atoms with Gasteiger partial charge in [0.15, 0.2) is 0 Å². The second-order valence-corrected chi connectivity index (χ2v) is 8.30. The highest BCUT2D eigenvalue weighted by Crippen LogP contribution is 2.35. The van der Waals surface area contributed by atoms with Crippen molar-refractivity contribution >= 4 is 17.3 Å². The molecule has 0 aliphatic carbocycles. The molecule has 1 atom stereocenters. The van der Waals surface area contributed by atoms with Gasteiger partial charge < -0.3 is 4.90 Å². The van der Waals surface area contributed by atoms with E-state index in [1.807, 2.05) is 67.5 Å². The average Bonchev–Trinajstić information content (AvgIpc) is 3.55. The topological polar surface area (TPSA) is 66.6 Å². The number of benzene rings is 3. The minimum Gasteiger partial charge on any atom is -0.378 e. The maximum absolute atomic E-state index is 13.4. The van der Waals surface area contributed by atoms with Crippen molar-refractivity contribution in [3.05, 3.63) is 108 Å². The van der Waals surface area contributed by atoms with Crippen LogP contribution in [0.3, 0.4) is 0 Å². The van der Waals surface area contributed by atoms with Crippen LogP contribution in [0.2, 0.25) is 0 Å². The maximum atomic E-state index is 13.4. The molecule has 1 aliphatic heterocycles. The molecule has 0 N–H and O–H groups in total. The Balaban J connectivity index is 1.48. The van der Waals surface area contributed by atoms with Crippen LogP contribution in [-0.2, 0) is 0 Å². The molecular formula is C26H23FN6O. The number of anilines is 1. The van der Waals surface area contributed by atoms with Gasteiger partial charge in [0, 0.05) is 31.8 Å². The van der Waals surface area contributed by atoms with Gasteiger partial charge in [-0.25, -0.2) is 19.1 Å². The minimum absolute atomic E-state index is 0.265. The molecule has 34 heavy (non-hydrogen) atoms. The molecule has 1 unspecified atom stereocenters. The number of halogens is 1. The number of carbonyl (C=O) groups is 1. The summed E-state index contributed by atoms with van der Waals surface area (Å²) in [5, 5.41) is 10.4. The molecule has 0 bridgehead atoms. The Morgan fingerprint density at radius 3 is 2.29 bits per heavy atom. The quantitative estimate of drug-likeness (QED) is 0.447. The number of hydrogen-bond acceptors (Lipinski definition) is 5. The van der Waals surface area contributed by atoms with Gasteiger partial charge in [0.05, 0.1) is 17.4 Å². The standard InChI is InChI=1S/C26H23FN6O/c1-31(2)22-11-7-19(8-12-22)25-15-24(18-5-13-23(14-6-18)32-17-28-16-29-32)30-33(25)26(34)20-3-9-21(27)10-4-20/h3-14,16-17,25H,15H2,1-2H3. The van der Waals surface area contributed by atoms with Crippen molar-refractivity contribution in [2.45, 2.75) is 12.5 Å². The van der Waals surface area contributed by atoms with Crippen molar-refractivity contribution in [3.8, 4) is 5.69 Å². The summed E-state index contributed by atoms with van der Waals surface area (Å²) < 4.78 is 15.1. The largest absolute Gasteiger partial charge is 0.378 e. The molecule has 0 spiro atoms. The molecule has 0 fully saturated rings. The fourth-order valence-electron chi connectivity index (χ4n) is 4.00. The molecule has 0 saturated heterocycles. The average molecular weight is 455 g/mol. The van der Waals surface area contributed by atoms with Gasteiger partial charge in [0.25, 0.3) is 5.91 Å². The van der Waals surface area contributed by atoms with Crippen molar-refractivity contribution < 1.29 is 9.18 Å². The van der Waals surface area contributed by atoms with E-state index in [9.17, 15) is 9.18 Å². The van der Waals surface area contributed by atoms with Crippen LogP contribution >= 0.6 is 0 Å². The summed E-state index contributed by atoms with van der Waals surface area (Å²) in [7, 11) is 3.97. The van der Waals surface area contributed by atoms with E-state index in [2.05, 4.69) is 10.1 Å². The van der Waals surface area contributed by atoms with Crippen LogP contribution in [0.15, 0.2) is 90.6 Å². The zero-order valence-electron chi connectivity index (χ0n) is 18.8. The second kappa shape index (κ2) is 8.90. The molecule has 1 amide bonds. The van der Waals surface area contributed by atoms with Crippen molar-refractivity contribution in [1.82, 2.24) is 19.8 Å². The molecule has 7 nitrogen and oxygen atoms in total. The minimum atomic E-state index is -0.384. The van der Waals surface area contributed by atoms with Crippen molar-refractivity contribution in [2.24, 2.45) is 5.10 Å². The maximum Gasteiger partial charge on any atom is 0.274 e. The first-order valence-electron chi connectivity index (χ1n) is 10.9. The smallest absolute Gasteiger partial charge is 0.274 e. The molecular weight excluding hydrogens is 431 g/mol. The fourth-order valence-corrected chi connectivity index (χ4v) is 4.00. The predicted octanol–water partition coefficient (Wildman–Crippen LogP) is 4.46. The summed E-state index contributed by atoms with van der Waals surface area (Å²) in [4.78, 5) is 19.4. The van der Waals surface area contributed by atoms with Crippen molar-refractivity contribution in [2.75, 3.05) is 19.0 Å². The molecule has 8 heteroatoms. The van der Waals surface area contributed by atoms with Gasteiger partial charge in [-0.2, -0.15) is 10.2 Å². The lowest BCUT2D eigenvalue weighted by molar-refractivity contribution is 0.0711. The lowest BCUT2D eigenvalue weighted by Crippen LogP contribution is -2.27. The Morgan fingerprint density at radius 2 is 1.68 bits per heavy atom. The van der Waals surface area contributed by atoms with E-state index in [1.165, 1.54) is 35.6 Å². The van der Waals surface area contributed by atoms with Gasteiger partial charge in [0.2, 0.25) is 0 Å². The van der Waals surface area contributed by atoms with Gasteiger partial charge in [-0.1, -0.05) is 24.3 Å². The first-order valence-corrected chi connectivity index (χ1v) is 10.9. The summed E-state index contributed by atoms with van der Waals surface area (Å²) >= 11 is 0. The lowest BCUT2D eigenvalue weighted by atomic mass is 9.97. The van der Waals surface area contributed by atoms with Gasteiger partial charge in [-0.15, -0.1) is 0 Å². The van der Waals surface area contributed by atoms with Crippen LogP contribution < -0.4 is 4.90 Å². The number of nitrogens with zero attached hydrogens (tertiary/aromatic N) is 6. The summed E-state index contributed by atoms with van der Waals surface area (Å²) in [6, 6.07) is 21.2. The third kappa shape index (κ3) is 4.17. The molecule has 0 saturated carbocycles. The van der Waals surface area contributed by atoms with Crippen LogP contribution in [0.25, 0.3) is 5.69 Å². The number of hydrazone groups is 1. The molecule has 4 aromatic rings. The van der Waals surface area contributed by atoms with Crippen LogP contribution in [0.5, 0.6) is 0 Å². The predicted molar refractivity (Wildman–Crippen MR) is 129 cm³/mol. The Bertz CT molecular complexity index is 1310. The second-order valence-electron chi connectivity index (χ2n) is 8.30. The molecule has 0 radical (unpaired) electrons. The van der Waals surface area contributed by atoms with Crippen molar-refractivity contribution in [1.29, 1.82) is 0 Å². The lowest BCUT2D eigenvalue weighted by Gasteiger charge is -2.23. The number of rotatable bonds is 5. The van der Waals surface area contributed by atoms with E-state index in [0.29, 0.717) is 12.0 Å². The number of amides is 1. The summed E-state index contributed by atoms with van der Waals surface area (Å²) in [5.41, 5.74) is 5.07. The highest BCUT2D eigenvalue weighted by atomic mass is 19.1. The van der Waals surface area contributed by atoms with E-state index >= 15 is 0 Å². The Hall–Kier alpha value is -4.33. The first-order chi connectivity index (χ1) is 16.5. The molecule has 3 aromatic carbocycles. The molecule has 2 heterocycles. The first kappa shape index (κ1) is 21.5. The van der Waals surface area contributed by atoms with Gasteiger partial charge in [-0.3, -0.25) is 4.79 Å². The fraction of sp³-hybridized carbons (Fsp3) is 0.154. The summed E-state index contributed by atoms with van der Waals surface area (Å²) in [6.45, 7) is 0. The van der Waals surface area contributed by atoms with Crippen LogP contribution in [-0.4, -0.2) is 45.5 Å². The van der Waals surface area contributed by atoms with E-state index in [0.717, 1.165) is 28.2 Å². The number of hydrogen-bond donors (Lipinski definition) is 0. The third-order valence-corrected chi connectivity index (χ3v) is 5.89. The van der Waals surface area contributed by atoms with E-state index in [4.69, 9.17) is 5.10 Å². The Morgan fingerprint density at radius 1 is 0.971 bits per heavy atom. The third-order valence-electron chi connectivity index (χ3n) is 5.89. The van der Waals surface area contributed by atoms with Gasteiger partial charge >= 0.3 is 0 Å². The van der Waals surface area contributed by atoms with E-state index in [-0.39, 0.29) is 17.8 Å². The van der Waals surface area contributed by atoms with Gasteiger partial charge in [0.1, 0.15) is 18.5 Å². The monoisotopic (exact) mass is 454 g/mol. The number of aromatic nitrogens is 3. The Kier molecular flexibility index (Phi) is 5.63. The van der Waals surface area contributed by atoms with E-state index in [1.54, 1.807) is 11.0 Å². The normalized spacial score (nSPS) is 15.3. The Labute approximate surface area is 196 Å².